The Hall–Kier alpha value is -2.68. The molecular weight excluding hydrogens is 292 g/mol. The number of aromatic nitrogens is 2. The zero-order valence-corrected chi connectivity index (χ0v) is 13.1. The van der Waals surface area contributed by atoms with Crippen molar-refractivity contribution >= 4 is 22.8 Å². The van der Waals surface area contributed by atoms with Crippen LogP contribution in [-0.4, -0.2) is 29.6 Å². The summed E-state index contributed by atoms with van der Waals surface area (Å²) in [5, 5.41) is 12.6. The van der Waals surface area contributed by atoms with Crippen LogP contribution in [0.1, 0.15) is 25.0 Å². The molecule has 1 saturated carbocycles. The first-order valence-electron chi connectivity index (χ1n) is 7.62. The predicted molar refractivity (Wildman–Crippen MR) is 85.7 cm³/mol. The minimum atomic E-state index is -1.09. The van der Waals surface area contributed by atoms with Crippen LogP contribution in [0.15, 0.2) is 24.3 Å². The van der Waals surface area contributed by atoms with Gasteiger partial charge in [0.25, 0.3) is 0 Å². The Morgan fingerprint density at radius 2 is 2.09 bits per heavy atom. The average molecular weight is 310 g/mol. The Morgan fingerprint density at radius 3 is 2.65 bits per heavy atom. The SMILES string of the molecule is COC(=O)[C@H](C#N)c1nc2ccccc2nc1NC[C@H]1C[C@H]1C. The van der Waals surface area contributed by atoms with Crippen LogP contribution in [-0.2, 0) is 9.53 Å². The van der Waals surface area contributed by atoms with E-state index in [2.05, 4.69) is 22.2 Å². The highest BCUT2D eigenvalue weighted by molar-refractivity contribution is 5.84. The maximum atomic E-state index is 11.9. The van der Waals surface area contributed by atoms with Gasteiger partial charge >= 0.3 is 5.97 Å². The van der Waals surface area contributed by atoms with Crippen molar-refractivity contribution in [1.29, 1.82) is 5.26 Å². The van der Waals surface area contributed by atoms with Gasteiger partial charge in [0, 0.05) is 6.54 Å². The average Bonchev–Trinajstić information content (AvgIpc) is 3.28. The molecule has 1 aliphatic carbocycles. The summed E-state index contributed by atoms with van der Waals surface area (Å²) < 4.78 is 4.72. The van der Waals surface area contributed by atoms with Crippen LogP contribution in [0.3, 0.4) is 0 Å². The lowest BCUT2D eigenvalue weighted by atomic mass is 10.1. The number of hydrogen-bond acceptors (Lipinski definition) is 6. The fourth-order valence-corrected chi connectivity index (χ4v) is 2.60. The molecule has 2 aromatic rings. The topological polar surface area (TPSA) is 87.9 Å². The summed E-state index contributed by atoms with van der Waals surface area (Å²) in [5.74, 6) is 0.0809. The van der Waals surface area contributed by atoms with Gasteiger partial charge in [-0.1, -0.05) is 19.1 Å². The molecule has 0 aliphatic heterocycles. The standard InChI is InChI=1S/C17H18N4O2/c1-10-7-11(10)9-19-16-15(12(8-18)17(22)23-2)20-13-5-3-4-6-14(13)21-16/h3-6,10-12H,7,9H2,1-2H3,(H,19,21)/t10-,11-,12-/m1/s1. The van der Waals surface area contributed by atoms with E-state index in [1.807, 2.05) is 30.3 Å². The van der Waals surface area contributed by atoms with Crippen molar-refractivity contribution in [2.75, 3.05) is 19.0 Å². The minimum Gasteiger partial charge on any atom is -0.468 e. The van der Waals surface area contributed by atoms with Crippen molar-refractivity contribution in [1.82, 2.24) is 9.97 Å². The minimum absolute atomic E-state index is 0.325. The number of nitrogens with one attached hydrogen (secondary N) is 1. The van der Waals surface area contributed by atoms with E-state index in [9.17, 15) is 10.1 Å². The number of para-hydroxylation sites is 2. The number of hydrogen-bond donors (Lipinski definition) is 1. The zero-order chi connectivity index (χ0) is 16.4. The summed E-state index contributed by atoms with van der Waals surface area (Å²) in [6, 6.07) is 9.36. The number of carbonyl (C=O) groups is 1. The molecule has 1 aromatic carbocycles. The molecule has 3 atom stereocenters. The molecule has 6 heteroatoms. The molecule has 0 unspecified atom stereocenters. The smallest absolute Gasteiger partial charge is 0.329 e. The van der Waals surface area contributed by atoms with Gasteiger partial charge in [0.2, 0.25) is 0 Å². The number of anilines is 1. The molecule has 6 nitrogen and oxygen atoms in total. The molecule has 0 spiro atoms. The molecule has 23 heavy (non-hydrogen) atoms. The van der Waals surface area contributed by atoms with Crippen molar-refractivity contribution < 1.29 is 9.53 Å². The molecule has 0 radical (unpaired) electrons. The number of carbonyl (C=O) groups excluding carboxylic acids is 1. The molecule has 0 saturated heterocycles. The van der Waals surface area contributed by atoms with Gasteiger partial charge in [-0.3, -0.25) is 4.79 Å². The highest BCUT2D eigenvalue weighted by atomic mass is 16.5. The molecule has 3 rings (SSSR count). The number of esters is 1. The fourth-order valence-electron chi connectivity index (χ4n) is 2.60. The molecule has 1 aromatic heterocycles. The molecule has 0 amide bonds. The second-order valence-corrected chi connectivity index (χ2v) is 5.89. The molecule has 1 fully saturated rings. The lowest BCUT2D eigenvalue weighted by molar-refractivity contribution is -0.141. The van der Waals surface area contributed by atoms with Gasteiger partial charge in [-0.05, 0) is 30.4 Å². The van der Waals surface area contributed by atoms with Crippen molar-refractivity contribution in [3.63, 3.8) is 0 Å². The summed E-state index contributed by atoms with van der Waals surface area (Å²) in [5.41, 5.74) is 1.70. The van der Waals surface area contributed by atoms with Crippen LogP contribution in [0, 0.1) is 23.2 Å². The molecule has 118 valence electrons. The third kappa shape index (κ3) is 3.09. The lowest BCUT2D eigenvalue weighted by Crippen LogP contribution is -2.18. The van der Waals surface area contributed by atoms with E-state index in [0.717, 1.165) is 12.1 Å². The molecule has 1 heterocycles. The zero-order valence-electron chi connectivity index (χ0n) is 13.1. The Kier molecular flexibility index (Phi) is 4.11. The van der Waals surface area contributed by atoms with E-state index >= 15 is 0 Å². The van der Waals surface area contributed by atoms with Gasteiger partial charge < -0.3 is 10.1 Å². The molecule has 1 aliphatic rings. The van der Waals surface area contributed by atoms with Gasteiger partial charge in [0.15, 0.2) is 11.7 Å². The lowest BCUT2D eigenvalue weighted by Gasteiger charge is -2.14. The maximum absolute atomic E-state index is 11.9. The molecule has 1 N–H and O–H groups in total. The van der Waals surface area contributed by atoms with Crippen LogP contribution in [0.2, 0.25) is 0 Å². The summed E-state index contributed by atoms with van der Waals surface area (Å²) in [6.45, 7) is 2.96. The van der Waals surface area contributed by atoms with Crippen LogP contribution in [0.25, 0.3) is 11.0 Å². The van der Waals surface area contributed by atoms with Crippen LogP contribution in [0.4, 0.5) is 5.82 Å². The summed E-state index contributed by atoms with van der Waals surface area (Å²) >= 11 is 0. The van der Waals surface area contributed by atoms with E-state index < -0.39 is 11.9 Å². The Labute approximate surface area is 134 Å². The van der Waals surface area contributed by atoms with E-state index in [0.29, 0.717) is 28.9 Å². The second kappa shape index (κ2) is 6.21. The first-order chi connectivity index (χ1) is 11.1. The van der Waals surface area contributed by atoms with Gasteiger partial charge in [-0.15, -0.1) is 0 Å². The highest BCUT2D eigenvalue weighted by Crippen LogP contribution is 2.38. The first kappa shape index (κ1) is 15.2. The Morgan fingerprint density at radius 1 is 1.43 bits per heavy atom. The molecular formula is C17H18N4O2. The molecule has 0 bridgehead atoms. The van der Waals surface area contributed by atoms with Crippen LogP contribution >= 0.6 is 0 Å². The first-order valence-corrected chi connectivity index (χ1v) is 7.62. The number of nitriles is 1. The third-order valence-electron chi connectivity index (χ3n) is 4.24. The van der Waals surface area contributed by atoms with E-state index in [-0.39, 0.29) is 0 Å². The quantitative estimate of drug-likeness (QED) is 0.854. The fraction of sp³-hybridized carbons (Fsp3) is 0.412. The summed E-state index contributed by atoms with van der Waals surface area (Å²) in [4.78, 5) is 20.9. The second-order valence-electron chi connectivity index (χ2n) is 5.89. The Balaban J connectivity index is 2.01. The number of methoxy groups -OCH3 is 1. The van der Waals surface area contributed by atoms with Gasteiger partial charge in [0.1, 0.15) is 5.69 Å². The van der Waals surface area contributed by atoms with Crippen molar-refractivity contribution in [2.24, 2.45) is 11.8 Å². The number of nitrogens with zero attached hydrogens (tertiary/aromatic N) is 3. The summed E-state index contributed by atoms with van der Waals surface area (Å²) in [7, 11) is 1.26. The Bertz CT molecular complexity index is 784. The number of benzene rings is 1. The van der Waals surface area contributed by atoms with E-state index in [1.54, 1.807) is 0 Å². The highest BCUT2D eigenvalue weighted by Gasteiger charge is 2.33. The van der Waals surface area contributed by atoms with E-state index in [1.165, 1.54) is 13.5 Å². The van der Waals surface area contributed by atoms with Gasteiger partial charge in [-0.25, -0.2) is 9.97 Å². The number of fused-ring (bicyclic) bond motifs is 1. The van der Waals surface area contributed by atoms with Gasteiger partial charge in [-0.2, -0.15) is 5.26 Å². The van der Waals surface area contributed by atoms with Gasteiger partial charge in [0.05, 0.1) is 24.2 Å². The largest absolute Gasteiger partial charge is 0.468 e. The third-order valence-corrected chi connectivity index (χ3v) is 4.24. The van der Waals surface area contributed by atoms with Crippen molar-refractivity contribution in [3.05, 3.63) is 30.0 Å². The maximum Gasteiger partial charge on any atom is 0.329 e. The van der Waals surface area contributed by atoms with Crippen molar-refractivity contribution in [2.45, 2.75) is 19.3 Å². The van der Waals surface area contributed by atoms with Crippen LogP contribution in [0.5, 0.6) is 0 Å². The monoisotopic (exact) mass is 310 g/mol. The summed E-state index contributed by atoms with van der Waals surface area (Å²) in [6.07, 6.45) is 1.18. The van der Waals surface area contributed by atoms with Crippen molar-refractivity contribution in [3.8, 4) is 6.07 Å². The predicted octanol–water partition coefficient (Wildman–Crippen LogP) is 2.48. The van der Waals surface area contributed by atoms with Crippen LogP contribution < -0.4 is 5.32 Å². The number of ether oxygens (including phenoxy) is 1. The normalized spacial score (nSPS) is 20.6. The van der Waals surface area contributed by atoms with E-state index in [4.69, 9.17) is 4.74 Å². The number of rotatable bonds is 5.